The van der Waals surface area contributed by atoms with E-state index < -0.39 is 0 Å². The lowest BCUT2D eigenvalue weighted by Gasteiger charge is -2.23. The number of rotatable bonds is 8. The van der Waals surface area contributed by atoms with Gasteiger partial charge in [-0.25, -0.2) is 9.97 Å². The Balaban J connectivity index is 1.43. The van der Waals surface area contributed by atoms with Gasteiger partial charge in [0.2, 0.25) is 5.95 Å². The van der Waals surface area contributed by atoms with Gasteiger partial charge in [-0.3, -0.25) is 4.79 Å². The molecule has 0 bridgehead atoms. The van der Waals surface area contributed by atoms with E-state index in [0.717, 1.165) is 35.8 Å². The van der Waals surface area contributed by atoms with Crippen LogP contribution in [-0.2, 0) is 14.9 Å². The standard InChI is InChI=1S/C29H29BClN6O4/c1-29(2)15-37(30-16-38)26-18(14-32)10-17(11-21(26)29)23-4-7-33-28(35-23)36-24-13-22(31)20(12-25(24)40-3)27(39)34-19-5-8-41-9-6-19/h4,7,10-13,16,19H,5-6,8-9,15H2,1-3H3,(H,34,39)(H,33,35,36). The van der Waals surface area contributed by atoms with E-state index in [1.165, 1.54) is 14.5 Å². The van der Waals surface area contributed by atoms with E-state index >= 15 is 0 Å². The third-order valence-electron chi connectivity index (χ3n) is 7.34. The van der Waals surface area contributed by atoms with E-state index in [-0.39, 0.29) is 28.3 Å². The highest BCUT2D eigenvalue weighted by atomic mass is 35.5. The summed E-state index contributed by atoms with van der Waals surface area (Å²) < 4.78 is 10.9. The molecular formula is C29H29BClN6O4. The van der Waals surface area contributed by atoms with Crippen molar-refractivity contribution in [2.45, 2.75) is 38.1 Å². The molecule has 0 spiro atoms. The first-order valence-corrected chi connectivity index (χ1v) is 13.6. The molecule has 5 rings (SSSR count). The van der Waals surface area contributed by atoms with Gasteiger partial charge in [-0.15, -0.1) is 0 Å². The zero-order chi connectivity index (χ0) is 29.1. The molecule has 2 aromatic carbocycles. The number of benzene rings is 2. The Kier molecular flexibility index (Phi) is 8.15. The summed E-state index contributed by atoms with van der Waals surface area (Å²) in [6, 6.07) is 11.0. The first-order chi connectivity index (χ1) is 19.7. The highest BCUT2D eigenvalue weighted by Crippen LogP contribution is 2.44. The molecule has 1 radical (unpaired) electrons. The van der Waals surface area contributed by atoms with Gasteiger partial charge in [0.05, 0.1) is 34.6 Å². The molecule has 0 saturated carbocycles. The topological polar surface area (TPSA) is 129 Å². The monoisotopic (exact) mass is 571 g/mol. The molecule has 2 aliphatic rings. The molecule has 0 aliphatic carbocycles. The SMILES string of the molecule is COc1cc(C(=O)NC2CCOCC2)c(Cl)cc1Nc1nccc(-c2cc(C#N)c3c(c2)C(C)(C)CN3[B]C=O)n1. The van der Waals surface area contributed by atoms with Crippen molar-refractivity contribution in [1.82, 2.24) is 15.3 Å². The summed E-state index contributed by atoms with van der Waals surface area (Å²) in [5.74, 6) is 0.408. The number of hydrogen-bond donors (Lipinski definition) is 2. The number of halogens is 1. The number of carbonyl (C=O) groups excluding carboxylic acids is 2. The van der Waals surface area contributed by atoms with Gasteiger partial charge in [0.15, 0.2) is 0 Å². The molecule has 41 heavy (non-hydrogen) atoms. The van der Waals surface area contributed by atoms with Gasteiger partial charge in [0.1, 0.15) is 18.0 Å². The lowest BCUT2D eigenvalue weighted by Crippen LogP contribution is -2.39. The Labute approximate surface area is 244 Å². The number of fused-ring (bicyclic) bond motifs is 1. The van der Waals surface area contributed by atoms with Crippen LogP contribution in [0.15, 0.2) is 36.5 Å². The zero-order valence-corrected chi connectivity index (χ0v) is 23.8. The Morgan fingerprint density at radius 2 is 2.07 bits per heavy atom. The predicted octanol–water partition coefficient (Wildman–Crippen LogP) is 4.24. The second-order valence-corrected chi connectivity index (χ2v) is 11.0. The van der Waals surface area contributed by atoms with Gasteiger partial charge in [-0.2, -0.15) is 5.26 Å². The van der Waals surface area contributed by atoms with Crippen LogP contribution in [0.2, 0.25) is 5.02 Å². The third-order valence-corrected chi connectivity index (χ3v) is 7.65. The number of nitrogens with one attached hydrogen (secondary N) is 2. The minimum Gasteiger partial charge on any atom is -0.495 e. The Bertz CT molecular complexity index is 1540. The second-order valence-electron chi connectivity index (χ2n) is 10.6. The van der Waals surface area contributed by atoms with Crippen molar-refractivity contribution in [3.63, 3.8) is 0 Å². The third kappa shape index (κ3) is 5.85. The van der Waals surface area contributed by atoms with E-state index in [1.807, 2.05) is 10.9 Å². The van der Waals surface area contributed by atoms with Crippen molar-refractivity contribution < 1.29 is 19.1 Å². The Hall–Kier alpha value is -4.14. The summed E-state index contributed by atoms with van der Waals surface area (Å²) in [7, 11) is 2.96. The average molecular weight is 572 g/mol. The van der Waals surface area contributed by atoms with Gasteiger partial charge < -0.3 is 29.7 Å². The Morgan fingerprint density at radius 1 is 1.29 bits per heavy atom. The molecule has 209 valence electrons. The molecule has 12 heteroatoms. The maximum atomic E-state index is 12.9. The molecule has 0 unspecified atom stereocenters. The number of nitriles is 1. The first kappa shape index (κ1) is 28.4. The minimum atomic E-state index is -0.284. The molecule has 2 aliphatic heterocycles. The number of methoxy groups -OCH3 is 1. The van der Waals surface area contributed by atoms with E-state index in [1.54, 1.807) is 30.5 Å². The summed E-state index contributed by atoms with van der Waals surface area (Å²) in [5, 5.41) is 16.3. The maximum Gasteiger partial charge on any atom is 0.329 e. The molecule has 10 nitrogen and oxygen atoms in total. The fraction of sp³-hybridized carbons (Fsp3) is 0.345. The normalized spacial score (nSPS) is 15.9. The van der Waals surface area contributed by atoms with Crippen molar-refractivity contribution in [3.05, 3.63) is 58.2 Å². The molecule has 1 amide bonds. The quantitative estimate of drug-likeness (QED) is 0.301. The van der Waals surface area contributed by atoms with Crippen LogP contribution < -0.4 is 20.2 Å². The number of ether oxygens (including phenoxy) is 2. The number of anilines is 3. The maximum absolute atomic E-state index is 12.9. The van der Waals surface area contributed by atoms with Gasteiger partial charge in [-0.1, -0.05) is 25.4 Å². The van der Waals surface area contributed by atoms with Gasteiger partial charge >= 0.3 is 7.41 Å². The van der Waals surface area contributed by atoms with Gasteiger partial charge in [-0.05, 0) is 48.7 Å². The van der Waals surface area contributed by atoms with E-state index in [4.69, 9.17) is 21.1 Å². The van der Waals surface area contributed by atoms with Gasteiger partial charge in [0, 0.05) is 48.7 Å². The Morgan fingerprint density at radius 3 is 2.78 bits per heavy atom. The molecule has 1 aromatic heterocycles. The fourth-order valence-corrected chi connectivity index (χ4v) is 5.53. The lowest BCUT2D eigenvalue weighted by molar-refractivity contribution is 0.0696. The van der Waals surface area contributed by atoms with E-state index in [9.17, 15) is 14.9 Å². The summed E-state index contributed by atoms with van der Waals surface area (Å²) in [6.45, 7) is 5.96. The van der Waals surface area contributed by atoms with Crippen molar-refractivity contribution in [1.29, 1.82) is 5.26 Å². The van der Waals surface area contributed by atoms with Crippen LogP contribution in [0.4, 0.5) is 17.3 Å². The molecule has 0 atom stereocenters. The highest BCUT2D eigenvalue weighted by molar-refractivity contribution is 6.70. The summed E-state index contributed by atoms with van der Waals surface area (Å²) in [6.07, 6.45) is 3.85. The van der Waals surface area contributed by atoms with Crippen molar-refractivity contribution in [3.8, 4) is 23.1 Å². The van der Waals surface area contributed by atoms with E-state index in [0.29, 0.717) is 48.0 Å². The lowest BCUT2D eigenvalue weighted by atomic mass is 9.84. The van der Waals surface area contributed by atoms with Crippen molar-refractivity contribution >= 4 is 48.4 Å². The van der Waals surface area contributed by atoms with Crippen LogP contribution in [0.3, 0.4) is 0 Å². The summed E-state index contributed by atoms with van der Waals surface area (Å²) in [5.41, 5.74) is 4.02. The summed E-state index contributed by atoms with van der Waals surface area (Å²) in [4.78, 5) is 35.0. The molecular weight excluding hydrogens is 543 g/mol. The first-order valence-electron chi connectivity index (χ1n) is 13.2. The number of amides is 1. The summed E-state index contributed by atoms with van der Waals surface area (Å²) >= 11 is 6.53. The van der Waals surface area contributed by atoms with Crippen LogP contribution in [0.5, 0.6) is 5.75 Å². The average Bonchev–Trinajstić information content (AvgIpc) is 3.22. The fourth-order valence-electron chi connectivity index (χ4n) is 5.28. The number of nitrogens with zero attached hydrogens (tertiary/aromatic N) is 4. The smallest absolute Gasteiger partial charge is 0.329 e. The van der Waals surface area contributed by atoms with Gasteiger partial charge in [0.25, 0.3) is 5.91 Å². The number of carbonyl (C=O) groups is 2. The zero-order valence-electron chi connectivity index (χ0n) is 23.0. The second kappa shape index (κ2) is 11.8. The van der Waals surface area contributed by atoms with Crippen LogP contribution >= 0.6 is 11.6 Å². The van der Waals surface area contributed by atoms with Crippen LogP contribution in [0, 0.1) is 11.3 Å². The molecule has 3 aromatic rings. The van der Waals surface area contributed by atoms with Crippen molar-refractivity contribution in [2.24, 2.45) is 0 Å². The molecule has 3 heterocycles. The van der Waals surface area contributed by atoms with Crippen LogP contribution in [-0.4, -0.2) is 62.4 Å². The number of hydrogen-bond acceptors (Lipinski definition) is 9. The molecule has 2 N–H and O–H groups in total. The van der Waals surface area contributed by atoms with Crippen LogP contribution in [0.1, 0.15) is 48.2 Å². The minimum absolute atomic E-state index is 0.0322. The van der Waals surface area contributed by atoms with Crippen molar-refractivity contribution in [2.75, 3.05) is 37.0 Å². The number of aromatic nitrogens is 2. The molecule has 1 saturated heterocycles. The predicted molar refractivity (Wildman–Crippen MR) is 158 cm³/mol. The largest absolute Gasteiger partial charge is 0.495 e. The highest BCUT2D eigenvalue weighted by Gasteiger charge is 2.37. The molecule has 1 fully saturated rings. The van der Waals surface area contributed by atoms with E-state index in [2.05, 4.69) is 40.5 Å². The van der Waals surface area contributed by atoms with Crippen LogP contribution in [0.25, 0.3) is 11.3 Å².